The molecule has 8 heteroatoms. The Hall–Kier alpha value is -2.02. The molecule has 20 heavy (non-hydrogen) atoms. The lowest BCUT2D eigenvalue weighted by Gasteiger charge is -2.06. The SMILES string of the molecule is COc1nc(Cl)nc(NCCc2cc(F)cc(F)c2)n1. The first-order valence-corrected chi connectivity index (χ1v) is 6.09. The fourth-order valence-electron chi connectivity index (χ4n) is 1.58. The highest BCUT2D eigenvalue weighted by atomic mass is 35.5. The van der Waals surface area contributed by atoms with Gasteiger partial charge >= 0.3 is 6.01 Å². The zero-order valence-corrected chi connectivity index (χ0v) is 11.3. The normalized spacial score (nSPS) is 10.4. The molecule has 0 spiro atoms. The van der Waals surface area contributed by atoms with Gasteiger partial charge in [-0.2, -0.15) is 15.0 Å². The van der Waals surface area contributed by atoms with Crippen molar-refractivity contribution in [2.24, 2.45) is 0 Å². The minimum absolute atomic E-state index is 0.00356. The number of hydrogen-bond acceptors (Lipinski definition) is 5. The Morgan fingerprint density at radius 2 is 1.85 bits per heavy atom. The molecule has 2 rings (SSSR count). The average molecular weight is 301 g/mol. The van der Waals surface area contributed by atoms with Crippen molar-refractivity contribution in [3.63, 3.8) is 0 Å². The van der Waals surface area contributed by atoms with Crippen LogP contribution in [-0.4, -0.2) is 28.6 Å². The second-order valence-electron chi connectivity index (χ2n) is 3.87. The zero-order chi connectivity index (χ0) is 14.5. The first-order valence-electron chi connectivity index (χ1n) is 5.71. The fraction of sp³-hybridized carbons (Fsp3) is 0.250. The van der Waals surface area contributed by atoms with Gasteiger partial charge < -0.3 is 10.1 Å². The van der Waals surface area contributed by atoms with Crippen molar-refractivity contribution in [1.82, 2.24) is 15.0 Å². The van der Waals surface area contributed by atoms with Crippen LogP contribution in [0.3, 0.4) is 0 Å². The quantitative estimate of drug-likeness (QED) is 0.919. The molecule has 0 saturated carbocycles. The predicted octanol–water partition coefficient (Wildman–Crippen LogP) is 2.47. The number of ether oxygens (including phenoxy) is 1. The second kappa shape index (κ2) is 6.42. The Kier molecular flexibility index (Phi) is 4.62. The summed E-state index contributed by atoms with van der Waals surface area (Å²) in [6.07, 6.45) is 0.403. The molecule has 0 fully saturated rings. The maximum atomic E-state index is 13.0. The smallest absolute Gasteiger partial charge is 0.322 e. The third-order valence-electron chi connectivity index (χ3n) is 2.39. The van der Waals surface area contributed by atoms with Crippen molar-refractivity contribution in [3.8, 4) is 6.01 Å². The van der Waals surface area contributed by atoms with Crippen LogP contribution in [0.25, 0.3) is 0 Å². The van der Waals surface area contributed by atoms with E-state index in [1.54, 1.807) is 0 Å². The summed E-state index contributed by atoms with van der Waals surface area (Å²) in [5.74, 6) is -0.978. The van der Waals surface area contributed by atoms with Gasteiger partial charge in [0.05, 0.1) is 7.11 Å². The first kappa shape index (κ1) is 14.4. The van der Waals surface area contributed by atoms with E-state index in [-0.39, 0.29) is 17.2 Å². The largest absolute Gasteiger partial charge is 0.467 e. The van der Waals surface area contributed by atoms with E-state index in [1.165, 1.54) is 19.2 Å². The van der Waals surface area contributed by atoms with Crippen molar-refractivity contribution in [3.05, 3.63) is 40.7 Å². The van der Waals surface area contributed by atoms with Crippen LogP contribution in [0.15, 0.2) is 18.2 Å². The van der Waals surface area contributed by atoms with Crippen LogP contribution >= 0.6 is 11.6 Å². The predicted molar refractivity (Wildman–Crippen MR) is 69.9 cm³/mol. The van der Waals surface area contributed by atoms with E-state index in [0.717, 1.165) is 6.07 Å². The number of nitrogens with zero attached hydrogens (tertiary/aromatic N) is 3. The van der Waals surface area contributed by atoms with Crippen molar-refractivity contribution < 1.29 is 13.5 Å². The summed E-state index contributed by atoms with van der Waals surface area (Å²) in [7, 11) is 1.41. The van der Waals surface area contributed by atoms with Gasteiger partial charge in [-0.15, -0.1) is 0 Å². The summed E-state index contributed by atoms with van der Waals surface area (Å²) < 4.78 is 30.9. The molecule has 2 aromatic rings. The third kappa shape index (κ3) is 3.99. The number of halogens is 3. The molecule has 1 heterocycles. The number of methoxy groups -OCH3 is 1. The molecule has 1 aromatic heterocycles. The molecule has 0 amide bonds. The highest BCUT2D eigenvalue weighted by Crippen LogP contribution is 2.12. The van der Waals surface area contributed by atoms with E-state index in [1.807, 2.05) is 0 Å². The number of benzene rings is 1. The summed E-state index contributed by atoms with van der Waals surface area (Å²) in [4.78, 5) is 11.5. The van der Waals surface area contributed by atoms with Crippen LogP contribution in [0.5, 0.6) is 6.01 Å². The van der Waals surface area contributed by atoms with Crippen LogP contribution in [0, 0.1) is 11.6 Å². The van der Waals surface area contributed by atoms with Gasteiger partial charge in [-0.25, -0.2) is 8.78 Å². The lowest BCUT2D eigenvalue weighted by atomic mass is 10.1. The molecular formula is C12H11ClF2N4O. The maximum absolute atomic E-state index is 13.0. The van der Waals surface area contributed by atoms with E-state index in [9.17, 15) is 8.78 Å². The summed E-state index contributed by atoms with van der Waals surface area (Å²) in [5, 5.41) is 2.87. The molecule has 0 aliphatic rings. The Bertz CT molecular complexity index is 592. The molecular weight excluding hydrogens is 290 g/mol. The summed E-state index contributed by atoms with van der Waals surface area (Å²) in [5.41, 5.74) is 0.530. The van der Waals surface area contributed by atoms with E-state index < -0.39 is 11.6 Å². The fourth-order valence-corrected chi connectivity index (χ4v) is 1.73. The summed E-state index contributed by atoms with van der Waals surface area (Å²) in [6.45, 7) is 0.381. The van der Waals surface area contributed by atoms with E-state index in [4.69, 9.17) is 16.3 Å². The van der Waals surface area contributed by atoms with Gasteiger partial charge in [0.15, 0.2) is 0 Å². The lowest BCUT2D eigenvalue weighted by molar-refractivity contribution is 0.379. The van der Waals surface area contributed by atoms with Gasteiger partial charge in [-0.3, -0.25) is 0 Å². The van der Waals surface area contributed by atoms with E-state index >= 15 is 0 Å². The molecule has 0 radical (unpaired) electrons. The molecule has 0 saturated heterocycles. The number of hydrogen-bond donors (Lipinski definition) is 1. The average Bonchev–Trinajstić information content (AvgIpc) is 2.37. The van der Waals surface area contributed by atoms with Crippen LogP contribution in [0.2, 0.25) is 5.28 Å². The van der Waals surface area contributed by atoms with Crippen LogP contribution < -0.4 is 10.1 Å². The number of aromatic nitrogens is 3. The minimum atomic E-state index is -0.607. The van der Waals surface area contributed by atoms with Crippen LogP contribution in [0.1, 0.15) is 5.56 Å². The highest BCUT2D eigenvalue weighted by Gasteiger charge is 2.05. The molecule has 1 N–H and O–H groups in total. The third-order valence-corrected chi connectivity index (χ3v) is 2.56. The number of nitrogens with one attached hydrogen (secondary N) is 1. The molecule has 0 unspecified atom stereocenters. The van der Waals surface area contributed by atoms with Crippen molar-refractivity contribution in [2.75, 3.05) is 19.0 Å². The summed E-state index contributed by atoms with van der Waals surface area (Å²) >= 11 is 5.68. The molecule has 0 atom stereocenters. The van der Waals surface area contributed by atoms with Crippen LogP contribution in [0.4, 0.5) is 14.7 Å². The van der Waals surface area contributed by atoms with Gasteiger partial charge in [-0.05, 0) is 35.7 Å². The van der Waals surface area contributed by atoms with E-state index in [2.05, 4.69) is 20.3 Å². The van der Waals surface area contributed by atoms with Crippen LogP contribution in [-0.2, 0) is 6.42 Å². The Balaban J connectivity index is 1.97. The lowest BCUT2D eigenvalue weighted by Crippen LogP contribution is -2.09. The van der Waals surface area contributed by atoms with Crippen molar-refractivity contribution >= 4 is 17.5 Å². The second-order valence-corrected chi connectivity index (χ2v) is 4.21. The van der Waals surface area contributed by atoms with Gasteiger partial charge in [0.25, 0.3) is 0 Å². The zero-order valence-electron chi connectivity index (χ0n) is 10.5. The number of rotatable bonds is 5. The molecule has 0 aliphatic heterocycles. The minimum Gasteiger partial charge on any atom is -0.467 e. The molecule has 0 bridgehead atoms. The molecule has 1 aromatic carbocycles. The monoisotopic (exact) mass is 300 g/mol. The van der Waals surface area contributed by atoms with Gasteiger partial charge in [-0.1, -0.05) is 0 Å². The molecule has 5 nitrogen and oxygen atoms in total. The Morgan fingerprint density at radius 1 is 1.15 bits per heavy atom. The topological polar surface area (TPSA) is 59.9 Å². The molecule has 106 valence electrons. The number of anilines is 1. The molecule has 0 aliphatic carbocycles. The van der Waals surface area contributed by atoms with Crippen molar-refractivity contribution in [1.29, 1.82) is 0 Å². The van der Waals surface area contributed by atoms with Gasteiger partial charge in [0.1, 0.15) is 11.6 Å². The standard InChI is InChI=1S/C12H11ClF2N4O/c1-20-12-18-10(13)17-11(19-12)16-3-2-7-4-8(14)6-9(15)5-7/h4-6H,2-3H2,1H3,(H,16,17,18,19). The Morgan fingerprint density at radius 3 is 2.50 bits per heavy atom. The maximum Gasteiger partial charge on any atom is 0.322 e. The van der Waals surface area contributed by atoms with Gasteiger partial charge in [0.2, 0.25) is 11.2 Å². The van der Waals surface area contributed by atoms with Gasteiger partial charge in [0, 0.05) is 12.6 Å². The first-order chi connectivity index (χ1) is 9.56. The van der Waals surface area contributed by atoms with Crippen molar-refractivity contribution in [2.45, 2.75) is 6.42 Å². The highest BCUT2D eigenvalue weighted by molar-refractivity contribution is 6.28. The Labute approximate surface area is 119 Å². The summed E-state index contributed by atoms with van der Waals surface area (Å²) in [6, 6.07) is 3.45. The van der Waals surface area contributed by atoms with E-state index in [0.29, 0.717) is 18.5 Å².